The molecule has 2 atom stereocenters. The number of rotatable bonds is 2. The Hall–Kier alpha value is -2.79. The second-order valence-electron chi connectivity index (χ2n) is 6.03. The Kier molecular flexibility index (Phi) is 3.50. The molecule has 5 heteroatoms. The maximum Gasteiger partial charge on any atom is 0.323 e. The van der Waals surface area contributed by atoms with Crippen molar-refractivity contribution in [2.24, 2.45) is 0 Å². The number of esters is 1. The summed E-state index contributed by atoms with van der Waals surface area (Å²) in [6.45, 7) is 0. The second kappa shape index (κ2) is 5.69. The third kappa shape index (κ3) is 2.25. The predicted octanol–water partition coefficient (Wildman–Crippen LogP) is 2.65. The molecular formula is C19H18N2O3. The number of nitrogens with one attached hydrogen (secondary N) is 2. The van der Waals surface area contributed by atoms with Gasteiger partial charge in [0.05, 0.1) is 13.2 Å². The molecule has 0 fully saturated rings. The zero-order valence-corrected chi connectivity index (χ0v) is 13.2. The molecule has 0 aliphatic carbocycles. The number of H-pyrrole nitrogens is 1. The molecule has 0 saturated carbocycles. The molecule has 3 N–H and O–H groups in total. The van der Waals surface area contributed by atoms with Crippen molar-refractivity contribution in [3.63, 3.8) is 0 Å². The first-order chi connectivity index (χ1) is 11.7. The first kappa shape index (κ1) is 14.8. The normalized spacial score (nSPS) is 19.9. The van der Waals surface area contributed by atoms with E-state index in [9.17, 15) is 9.90 Å². The molecule has 4 rings (SSSR count). The van der Waals surface area contributed by atoms with Crippen LogP contribution in [0.25, 0.3) is 10.9 Å². The predicted molar refractivity (Wildman–Crippen MR) is 90.9 cm³/mol. The molecule has 0 radical (unpaired) electrons. The molecular weight excluding hydrogens is 304 g/mol. The van der Waals surface area contributed by atoms with Crippen molar-refractivity contribution < 1.29 is 14.6 Å². The summed E-state index contributed by atoms with van der Waals surface area (Å²) >= 11 is 0. The Labute approximate surface area is 139 Å². The third-order valence-corrected chi connectivity index (χ3v) is 4.64. The van der Waals surface area contributed by atoms with Gasteiger partial charge in [-0.05, 0) is 23.3 Å². The Balaban J connectivity index is 1.96. The number of carbonyl (C=O) groups is 1. The van der Waals surface area contributed by atoms with Crippen molar-refractivity contribution in [1.29, 1.82) is 0 Å². The number of ether oxygens (including phenoxy) is 1. The van der Waals surface area contributed by atoms with Gasteiger partial charge in [0.25, 0.3) is 0 Å². The maximum atomic E-state index is 12.2. The van der Waals surface area contributed by atoms with Crippen LogP contribution in [-0.4, -0.2) is 29.2 Å². The van der Waals surface area contributed by atoms with Gasteiger partial charge >= 0.3 is 5.97 Å². The van der Waals surface area contributed by atoms with Crippen LogP contribution in [-0.2, 0) is 16.0 Å². The van der Waals surface area contributed by atoms with Crippen molar-refractivity contribution in [2.45, 2.75) is 18.5 Å². The number of benzene rings is 2. The lowest BCUT2D eigenvalue weighted by Crippen LogP contribution is -2.40. The first-order valence-corrected chi connectivity index (χ1v) is 7.89. The lowest BCUT2D eigenvalue weighted by atomic mass is 9.94. The molecule has 3 aromatic rings. The van der Waals surface area contributed by atoms with Crippen LogP contribution in [0.15, 0.2) is 48.7 Å². The Morgan fingerprint density at radius 2 is 2.00 bits per heavy atom. The molecule has 0 saturated heterocycles. The van der Waals surface area contributed by atoms with Crippen LogP contribution >= 0.6 is 0 Å². The van der Waals surface area contributed by atoms with Crippen molar-refractivity contribution in [2.75, 3.05) is 7.11 Å². The van der Waals surface area contributed by atoms with E-state index in [1.165, 1.54) is 7.11 Å². The number of phenolic OH excluding ortho intramolecular Hbond substituents is 1. The van der Waals surface area contributed by atoms with Crippen LogP contribution in [0.3, 0.4) is 0 Å². The lowest BCUT2D eigenvalue weighted by molar-refractivity contribution is -0.143. The zero-order chi connectivity index (χ0) is 16.7. The molecule has 0 amide bonds. The van der Waals surface area contributed by atoms with Gasteiger partial charge in [-0.3, -0.25) is 10.1 Å². The second-order valence-corrected chi connectivity index (χ2v) is 6.03. The van der Waals surface area contributed by atoms with Gasteiger partial charge in [-0.15, -0.1) is 0 Å². The summed E-state index contributed by atoms with van der Waals surface area (Å²) in [7, 11) is 1.39. The fraction of sp³-hybridized carbons (Fsp3) is 0.211. The highest BCUT2D eigenvalue weighted by molar-refractivity contribution is 5.91. The SMILES string of the molecule is COC(=O)[C@@H]1Cc2c[nH]c3ccc(O)c(c23)[C@@H](c2ccccc2)N1. The molecule has 2 heterocycles. The molecule has 0 unspecified atom stereocenters. The largest absolute Gasteiger partial charge is 0.508 e. The minimum atomic E-state index is -0.481. The molecule has 5 nitrogen and oxygen atoms in total. The van der Waals surface area contributed by atoms with Crippen molar-refractivity contribution in [3.8, 4) is 5.75 Å². The first-order valence-electron chi connectivity index (χ1n) is 7.89. The Morgan fingerprint density at radius 1 is 1.21 bits per heavy atom. The van der Waals surface area contributed by atoms with E-state index >= 15 is 0 Å². The van der Waals surface area contributed by atoms with Gasteiger partial charge in [0, 0.05) is 29.1 Å². The van der Waals surface area contributed by atoms with Crippen LogP contribution in [0.4, 0.5) is 0 Å². The molecule has 0 bridgehead atoms. The average Bonchev–Trinajstić information content (AvgIpc) is 2.93. The van der Waals surface area contributed by atoms with Gasteiger partial charge < -0.3 is 14.8 Å². The highest BCUT2D eigenvalue weighted by atomic mass is 16.5. The van der Waals surface area contributed by atoms with Gasteiger partial charge in [-0.2, -0.15) is 0 Å². The van der Waals surface area contributed by atoms with E-state index in [4.69, 9.17) is 4.74 Å². The maximum absolute atomic E-state index is 12.2. The number of phenols is 1. The summed E-state index contributed by atoms with van der Waals surface area (Å²) in [4.78, 5) is 15.4. The Bertz CT molecular complexity index is 902. The summed E-state index contributed by atoms with van der Waals surface area (Å²) < 4.78 is 4.96. The monoisotopic (exact) mass is 322 g/mol. The molecule has 122 valence electrons. The quantitative estimate of drug-likeness (QED) is 0.634. The van der Waals surface area contributed by atoms with Crippen LogP contribution < -0.4 is 5.32 Å². The van der Waals surface area contributed by atoms with Gasteiger partial charge in [0.1, 0.15) is 11.8 Å². The van der Waals surface area contributed by atoms with Crippen LogP contribution in [0.1, 0.15) is 22.7 Å². The van der Waals surface area contributed by atoms with E-state index in [2.05, 4.69) is 10.3 Å². The number of carbonyl (C=O) groups excluding carboxylic acids is 1. The number of hydrogen-bond acceptors (Lipinski definition) is 4. The fourth-order valence-corrected chi connectivity index (χ4v) is 3.53. The lowest BCUT2D eigenvalue weighted by Gasteiger charge is -2.23. The van der Waals surface area contributed by atoms with Crippen molar-refractivity contribution >= 4 is 16.9 Å². The topological polar surface area (TPSA) is 74.4 Å². The number of aromatic nitrogens is 1. The number of aromatic amines is 1. The Morgan fingerprint density at radius 3 is 2.75 bits per heavy atom. The minimum absolute atomic E-state index is 0.218. The fourth-order valence-electron chi connectivity index (χ4n) is 3.53. The standard InChI is InChI=1S/C19H18N2O3/c1-24-19(23)14-9-12-10-20-13-7-8-15(22)17(16(12)13)18(21-14)11-5-3-2-4-6-11/h2-8,10,14,18,20-22H,9H2,1H3/t14-,18+/m0/s1. The van der Waals surface area contributed by atoms with Crippen LogP contribution in [0.5, 0.6) is 5.75 Å². The summed E-state index contributed by atoms with van der Waals surface area (Å²) in [6.07, 6.45) is 2.41. The minimum Gasteiger partial charge on any atom is -0.508 e. The van der Waals surface area contributed by atoms with E-state index in [0.717, 1.165) is 27.6 Å². The summed E-state index contributed by atoms with van der Waals surface area (Å²) in [5.41, 5.74) is 3.73. The van der Waals surface area contributed by atoms with E-state index in [0.29, 0.717) is 6.42 Å². The van der Waals surface area contributed by atoms with Gasteiger partial charge in [-0.1, -0.05) is 30.3 Å². The molecule has 1 aliphatic rings. The third-order valence-electron chi connectivity index (χ3n) is 4.64. The smallest absolute Gasteiger partial charge is 0.323 e. The molecule has 2 aromatic carbocycles. The highest BCUT2D eigenvalue weighted by Crippen LogP contribution is 2.40. The van der Waals surface area contributed by atoms with Gasteiger partial charge in [0.2, 0.25) is 0 Å². The average molecular weight is 322 g/mol. The van der Waals surface area contributed by atoms with Gasteiger partial charge in [-0.25, -0.2) is 0 Å². The number of aromatic hydroxyl groups is 1. The molecule has 0 spiro atoms. The highest BCUT2D eigenvalue weighted by Gasteiger charge is 2.32. The zero-order valence-electron chi connectivity index (χ0n) is 13.2. The summed E-state index contributed by atoms with van der Waals surface area (Å²) in [5.74, 6) is -0.0900. The summed E-state index contributed by atoms with van der Waals surface area (Å²) in [5, 5.41) is 14.9. The number of hydrogen-bond donors (Lipinski definition) is 3. The van der Waals surface area contributed by atoms with Crippen molar-refractivity contribution in [3.05, 3.63) is 65.4 Å². The van der Waals surface area contributed by atoms with E-state index in [-0.39, 0.29) is 17.8 Å². The van der Waals surface area contributed by atoms with Crippen LogP contribution in [0, 0.1) is 0 Å². The molecule has 1 aromatic heterocycles. The summed E-state index contributed by atoms with van der Waals surface area (Å²) in [6, 6.07) is 12.6. The van der Waals surface area contributed by atoms with Gasteiger partial charge in [0.15, 0.2) is 0 Å². The molecule has 24 heavy (non-hydrogen) atoms. The van der Waals surface area contributed by atoms with E-state index in [1.54, 1.807) is 6.07 Å². The van der Waals surface area contributed by atoms with Crippen LogP contribution in [0.2, 0.25) is 0 Å². The molecule has 1 aliphatic heterocycles. The van der Waals surface area contributed by atoms with Crippen molar-refractivity contribution in [1.82, 2.24) is 10.3 Å². The van der Waals surface area contributed by atoms with E-state index < -0.39 is 6.04 Å². The van der Waals surface area contributed by atoms with E-state index in [1.807, 2.05) is 42.6 Å². The number of methoxy groups -OCH3 is 1.